The Hall–Kier alpha value is -1.35. The molecule has 3 heteroatoms. The van der Waals surface area contributed by atoms with Crippen LogP contribution in [0.5, 0.6) is 0 Å². The van der Waals surface area contributed by atoms with Crippen LogP contribution >= 0.6 is 0 Å². The van der Waals surface area contributed by atoms with Crippen molar-refractivity contribution in [2.45, 2.75) is 39.7 Å². The number of carboxylic acid groups (broad SMARTS) is 1. The van der Waals surface area contributed by atoms with Crippen LogP contribution in [0.1, 0.15) is 37.8 Å². The van der Waals surface area contributed by atoms with Crippen molar-refractivity contribution in [1.82, 2.24) is 4.90 Å². The number of nitrogens with zero attached hydrogens (tertiary/aromatic N) is 1. The van der Waals surface area contributed by atoms with Gasteiger partial charge in [-0.1, -0.05) is 31.2 Å². The molecule has 1 aromatic rings. The number of rotatable bonds is 4. The minimum absolute atomic E-state index is 0.525. The lowest BCUT2D eigenvalue weighted by Crippen LogP contribution is -2.42. The van der Waals surface area contributed by atoms with Gasteiger partial charge in [0.05, 0.1) is 5.41 Å². The average Bonchev–Trinajstić information content (AvgIpc) is 2.42. The second kappa shape index (κ2) is 5.74. The van der Waals surface area contributed by atoms with Gasteiger partial charge in [-0.3, -0.25) is 9.69 Å². The van der Waals surface area contributed by atoms with Gasteiger partial charge in [0.2, 0.25) is 0 Å². The van der Waals surface area contributed by atoms with Crippen LogP contribution in [0.3, 0.4) is 0 Å². The van der Waals surface area contributed by atoms with Crippen LogP contribution in [0.4, 0.5) is 0 Å². The Morgan fingerprint density at radius 2 is 1.74 bits per heavy atom. The lowest BCUT2D eigenvalue weighted by Gasteiger charge is -2.36. The average molecular weight is 261 g/mol. The Labute approximate surface area is 115 Å². The van der Waals surface area contributed by atoms with Crippen molar-refractivity contribution in [2.24, 2.45) is 5.41 Å². The molecule has 1 aliphatic heterocycles. The Kier molecular flexibility index (Phi) is 4.25. The molecule has 1 fully saturated rings. The molecular formula is C16H23NO2. The van der Waals surface area contributed by atoms with Crippen LogP contribution in [0.15, 0.2) is 24.3 Å². The van der Waals surface area contributed by atoms with E-state index in [0.717, 1.165) is 38.9 Å². The number of carboxylic acids is 1. The molecule has 0 atom stereocenters. The quantitative estimate of drug-likeness (QED) is 0.906. The summed E-state index contributed by atoms with van der Waals surface area (Å²) >= 11 is 0. The first-order valence-corrected chi connectivity index (χ1v) is 7.07. The SMILES string of the molecule is CCc1ccc(CN2CCC(C)(C(=O)O)CC2)cc1. The molecule has 19 heavy (non-hydrogen) atoms. The maximum absolute atomic E-state index is 11.2. The summed E-state index contributed by atoms with van der Waals surface area (Å²) in [5.41, 5.74) is 2.15. The van der Waals surface area contributed by atoms with Gasteiger partial charge in [-0.05, 0) is 50.4 Å². The van der Waals surface area contributed by atoms with Crippen LogP contribution in [-0.2, 0) is 17.8 Å². The first kappa shape index (κ1) is 14.1. The molecule has 1 N–H and O–H groups in total. The van der Waals surface area contributed by atoms with Gasteiger partial charge in [-0.2, -0.15) is 0 Å². The summed E-state index contributed by atoms with van der Waals surface area (Å²) in [5, 5.41) is 9.21. The van der Waals surface area contributed by atoms with Crippen LogP contribution in [0, 0.1) is 5.41 Å². The second-order valence-corrected chi connectivity index (χ2v) is 5.81. The van der Waals surface area contributed by atoms with Gasteiger partial charge in [0.15, 0.2) is 0 Å². The zero-order chi connectivity index (χ0) is 13.9. The summed E-state index contributed by atoms with van der Waals surface area (Å²) in [6.07, 6.45) is 2.56. The normalized spacial score (nSPS) is 19.3. The largest absolute Gasteiger partial charge is 0.481 e. The van der Waals surface area contributed by atoms with E-state index in [4.69, 9.17) is 0 Å². The van der Waals surface area contributed by atoms with Gasteiger partial charge < -0.3 is 5.11 Å². The summed E-state index contributed by atoms with van der Waals surface area (Å²) in [4.78, 5) is 13.5. The Balaban J connectivity index is 1.90. The molecule has 0 saturated carbocycles. The maximum Gasteiger partial charge on any atom is 0.309 e. The molecule has 3 nitrogen and oxygen atoms in total. The van der Waals surface area contributed by atoms with E-state index >= 15 is 0 Å². The molecule has 1 aromatic carbocycles. The Morgan fingerprint density at radius 1 is 1.21 bits per heavy atom. The molecular weight excluding hydrogens is 238 g/mol. The van der Waals surface area contributed by atoms with Crippen molar-refractivity contribution >= 4 is 5.97 Å². The molecule has 0 spiro atoms. The van der Waals surface area contributed by atoms with Crippen LogP contribution in [0.25, 0.3) is 0 Å². The Morgan fingerprint density at radius 3 is 2.21 bits per heavy atom. The number of hydrogen-bond acceptors (Lipinski definition) is 2. The summed E-state index contributed by atoms with van der Waals surface area (Å²) < 4.78 is 0. The van der Waals surface area contributed by atoms with Crippen LogP contribution < -0.4 is 0 Å². The number of benzene rings is 1. The van der Waals surface area contributed by atoms with E-state index in [1.807, 2.05) is 6.92 Å². The highest BCUT2D eigenvalue weighted by Crippen LogP contribution is 2.31. The van der Waals surface area contributed by atoms with Crippen molar-refractivity contribution in [3.05, 3.63) is 35.4 Å². The van der Waals surface area contributed by atoms with Gasteiger partial charge >= 0.3 is 5.97 Å². The first-order valence-electron chi connectivity index (χ1n) is 7.07. The van der Waals surface area contributed by atoms with E-state index in [1.54, 1.807) is 0 Å². The first-order chi connectivity index (χ1) is 9.03. The van der Waals surface area contributed by atoms with E-state index in [2.05, 4.69) is 36.1 Å². The van der Waals surface area contributed by atoms with Gasteiger partial charge in [0.1, 0.15) is 0 Å². The minimum Gasteiger partial charge on any atom is -0.481 e. The molecule has 0 aliphatic carbocycles. The van der Waals surface area contributed by atoms with Gasteiger partial charge in [0.25, 0.3) is 0 Å². The fourth-order valence-corrected chi connectivity index (χ4v) is 2.56. The number of likely N-dealkylation sites (tertiary alicyclic amines) is 1. The van der Waals surface area contributed by atoms with E-state index in [9.17, 15) is 9.90 Å². The molecule has 2 rings (SSSR count). The van der Waals surface area contributed by atoms with Crippen molar-refractivity contribution in [1.29, 1.82) is 0 Å². The van der Waals surface area contributed by atoms with Gasteiger partial charge in [0, 0.05) is 6.54 Å². The molecule has 0 unspecified atom stereocenters. The highest BCUT2D eigenvalue weighted by atomic mass is 16.4. The third-order valence-corrected chi connectivity index (χ3v) is 4.31. The smallest absolute Gasteiger partial charge is 0.309 e. The molecule has 0 bridgehead atoms. The highest BCUT2D eigenvalue weighted by molar-refractivity contribution is 5.74. The third kappa shape index (κ3) is 3.35. The molecule has 0 amide bonds. The number of hydrogen-bond donors (Lipinski definition) is 1. The van der Waals surface area contributed by atoms with Crippen molar-refractivity contribution < 1.29 is 9.90 Å². The van der Waals surface area contributed by atoms with Gasteiger partial charge in [-0.25, -0.2) is 0 Å². The molecule has 0 radical (unpaired) electrons. The molecule has 0 aromatic heterocycles. The third-order valence-electron chi connectivity index (χ3n) is 4.31. The van der Waals surface area contributed by atoms with Crippen LogP contribution in [-0.4, -0.2) is 29.1 Å². The number of carbonyl (C=O) groups is 1. The van der Waals surface area contributed by atoms with E-state index in [1.165, 1.54) is 11.1 Å². The minimum atomic E-state index is -0.653. The lowest BCUT2D eigenvalue weighted by atomic mass is 9.80. The standard InChI is InChI=1S/C16H23NO2/c1-3-13-4-6-14(7-5-13)12-17-10-8-16(2,9-11-17)15(18)19/h4-7H,3,8-12H2,1-2H3,(H,18,19). The predicted octanol–water partition coefficient (Wildman–Crippen LogP) is 2.94. The van der Waals surface area contributed by atoms with E-state index in [-0.39, 0.29) is 0 Å². The highest BCUT2D eigenvalue weighted by Gasteiger charge is 2.36. The van der Waals surface area contributed by atoms with E-state index < -0.39 is 11.4 Å². The summed E-state index contributed by atoms with van der Waals surface area (Å²) in [5.74, 6) is -0.653. The molecule has 1 saturated heterocycles. The van der Waals surface area contributed by atoms with Gasteiger partial charge in [-0.15, -0.1) is 0 Å². The number of piperidine rings is 1. The van der Waals surface area contributed by atoms with Crippen molar-refractivity contribution in [2.75, 3.05) is 13.1 Å². The summed E-state index contributed by atoms with van der Waals surface area (Å²) in [6, 6.07) is 8.73. The molecule has 104 valence electrons. The van der Waals surface area contributed by atoms with E-state index in [0.29, 0.717) is 0 Å². The van der Waals surface area contributed by atoms with Crippen molar-refractivity contribution in [3.8, 4) is 0 Å². The zero-order valence-corrected chi connectivity index (χ0v) is 11.9. The van der Waals surface area contributed by atoms with Crippen molar-refractivity contribution in [3.63, 3.8) is 0 Å². The maximum atomic E-state index is 11.2. The number of aliphatic carboxylic acids is 1. The Bertz CT molecular complexity index is 431. The summed E-state index contributed by atoms with van der Waals surface area (Å²) in [6.45, 7) is 6.70. The molecule has 1 heterocycles. The fraction of sp³-hybridized carbons (Fsp3) is 0.562. The van der Waals surface area contributed by atoms with Crippen LogP contribution in [0.2, 0.25) is 0 Å². The predicted molar refractivity (Wildman–Crippen MR) is 76.1 cm³/mol. The monoisotopic (exact) mass is 261 g/mol. The zero-order valence-electron chi connectivity index (χ0n) is 11.9. The molecule has 1 aliphatic rings. The lowest BCUT2D eigenvalue weighted by molar-refractivity contribution is -0.150. The summed E-state index contributed by atoms with van der Waals surface area (Å²) in [7, 11) is 0. The number of aryl methyl sites for hydroxylation is 1. The fourth-order valence-electron chi connectivity index (χ4n) is 2.56. The topological polar surface area (TPSA) is 40.5 Å². The second-order valence-electron chi connectivity index (χ2n) is 5.81.